The molecule has 1 aromatic rings. The van der Waals surface area contributed by atoms with Gasteiger partial charge in [0.2, 0.25) is 0 Å². The van der Waals surface area contributed by atoms with E-state index in [0.717, 1.165) is 0 Å². The first-order valence-electron chi connectivity index (χ1n) is 3.34. The molecular formula is C8H14N2O2. The van der Waals surface area contributed by atoms with E-state index in [-0.39, 0.29) is 12.9 Å². The summed E-state index contributed by atoms with van der Waals surface area (Å²) in [6.07, 6.45) is 0. The van der Waals surface area contributed by atoms with Crippen molar-refractivity contribution in [1.82, 2.24) is 6.15 Å². The van der Waals surface area contributed by atoms with Crippen molar-refractivity contribution in [2.24, 2.45) is 5.73 Å². The molecule has 0 saturated heterocycles. The minimum Gasteiger partial charge on any atom is -0.493 e. The Morgan fingerprint density at radius 2 is 1.83 bits per heavy atom. The monoisotopic (exact) mass is 170 g/mol. The van der Waals surface area contributed by atoms with E-state index >= 15 is 0 Å². The summed E-state index contributed by atoms with van der Waals surface area (Å²) in [6.45, 7) is 0.167. The zero-order valence-corrected chi connectivity index (χ0v) is 7.12. The second-order valence-corrected chi connectivity index (χ2v) is 1.96. The molecule has 1 aromatic carbocycles. The van der Waals surface area contributed by atoms with Crippen LogP contribution >= 0.6 is 0 Å². The molecule has 0 unspecified atom stereocenters. The maximum absolute atomic E-state index is 5.21. The highest BCUT2D eigenvalue weighted by Gasteiger charge is 1.99. The van der Waals surface area contributed by atoms with Crippen LogP contribution < -0.4 is 21.4 Å². The fourth-order valence-electron chi connectivity index (χ4n) is 0.828. The van der Waals surface area contributed by atoms with Gasteiger partial charge in [-0.1, -0.05) is 12.1 Å². The molecule has 0 atom stereocenters. The van der Waals surface area contributed by atoms with Crippen molar-refractivity contribution >= 4 is 0 Å². The number of methoxy groups -OCH3 is 1. The van der Waals surface area contributed by atoms with Gasteiger partial charge in [0.05, 0.1) is 7.11 Å². The van der Waals surface area contributed by atoms with Gasteiger partial charge in [-0.3, -0.25) is 5.73 Å². The third-order valence-electron chi connectivity index (χ3n) is 1.31. The Labute approximate surface area is 71.9 Å². The summed E-state index contributed by atoms with van der Waals surface area (Å²) < 4.78 is 10.1. The molecule has 68 valence electrons. The molecule has 0 aromatic heterocycles. The Balaban J connectivity index is 0.00000121. The van der Waals surface area contributed by atoms with Gasteiger partial charge >= 0.3 is 0 Å². The SMILES string of the molecule is COc1ccccc1OCN.N. The Bertz CT molecular complexity index is 228. The van der Waals surface area contributed by atoms with Crippen molar-refractivity contribution in [2.75, 3.05) is 13.8 Å². The highest BCUT2D eigenvalue weighted by atomic mass is 16.5. The van der Waals surface area contributed by atoms with Crippen LogP contribution in [0.5, 0.6) is 11.5 Å². The lowest BCUT2D eigenvalue weighted by Gasteiger charge is -2.06. The summed E-state index contributed by atoms with van der Waals surface area (Å²) in [5, 5.41) is 0. The highest BCUT2D eigenvalue weighted by molar-refractivity contribution is 5.39. The maximum atomic E-state index is 5.21. The normalized spacial score (nSPS) is 8.50. The Morgan fingerprint density at radius 3 is 2.33 bits per heavy atom. The molecule has 0 amide bonds. The molecule has 0 spiro atoms. The van der Waals surface area contributed by atoms with E-state index in [4.69, 9.17) is 15.2 Å². The minimum absolute atomic E-state index is 0. The lowest BCUT2D eigenvalue weighted by atomic mass is 10.3. The predicted octanol–water partition coefficient (Wildman–Crippen LogP) is 1.15. The van der Waals surface area contributed by atoms with Crippen LogP contribution in [0.3, 0.4) is 0 Å². The number of benzene rings is 1. The number of ether oxygens (including phenoxy) is 2. The van der Waals surface area contributed by atoms with Crippen molar-refractivity contribution in [3.05, 3.63) is 24.3 Å². The molecule has 0 aliphatic carbocycles. The van der Waals surface area contributed by atoms with Crippen molar-refractivity contribution in [3.8, 4) is 11.5 Å². The number of nitrogens with two attached hydrogens (primary N) is 1. The van der Waals surface area contributed by atoms with Gasteiger partial charge < -0.3 is 15.6 Å². The standard InChI is InChI=1S/C8H11NO2.H3N/c1-10-7-4-2-3-5-8(7)11-6-9;/h2-5H,6,9H2,1H3;1H3. The van der Waals surface area contributed by atoms with Gasteiger partial charge in [-0.2, -0.15) is 0 Å². The van der Waals surface area contributed by atoms with Gasteiger partial charge in [-0.25, -0.2) is 0 Å². The van der Waals surface area contributed by atoms with Gasteiger partial charge in [0.1, 0.15) is 6.73 Å². The van der Waals surface area contributed by atoms with Gasteiger partial charge in [0.15, 0.2) is 11.5 Å². The van der Waals surface area contributed by atoms with Gasteiger partial charge in [0.25, 0.3) is 0 Å². The molecule has 0 aliphatic heterocycles. The molecule has 4 heteroatoms. The van der Waals surface area contributed by atoms with Crippen LogP contribution in [0.4, 0.5) is 0 Å². The van der Waals surface area contributed by atoms with E-state index in [2.05, 4.69) is 0 Å². The van der Waals surface area contributed by atoms with Gasteiger partial charge in [-0.15, -0.1) is 0 Å². The average Bonchev–Trinajstić information content (AvgIpc) is 2.06. The summed E-state index contributed by atoms with van der Waals surface area (Å²) in [7, 11) is 1.60. The van der Waals surface area contributed by atoms with Gasteiger partial charge in [-0.05, 0) is 12.1 Å². The number of hydrogen-bond acceptors (Lipinski definition) is 4. The topological polar surface area (TPSA) is 79.5 Å². The van der Waals surface area contributed by atoms with Crippen molar-refractivity contribution in [1.29, 1.82) is 0 Å². The van der Waals surface area contributed by atoms with Crippen LogP contribution in [-0.2, 0) is 0 Å². The fraction of sp³-hybridized carbons (Fsp3) is 0.250. The average molecular weight is 170 g/mol. The zero-order chi connectivity index (χ0) is 8.10. The van der Waals surface area contributed by atoms with Crippen LogP contribution in [0.25, 0.3) is 0 Å². The van der Waals surface area contributed by atoms with E-state index in [0.29, 0.717) is 11.5 Å². The Morgan fingerprint density at radius 1 is 1.25 bits per heavy atom. The van der Waals surface area contributed by atoms with Crippen molar-refractivity contribution < 1.29 is 9.47 Å². The largest absolute Gasteiger partial charge is 0.493 e. The summed E-state index contributed by atoms with van der Waals surface area (Å²) in [6, 6.07) is 7.38. The van der Waals surface area contributed by atoms with Gasteiger partial charge in [0, 0.05) is 0 Å². The van der Waals surface area contributed by atoms with E-state index in [1.54, 1.807) is 7.11 Å². The summed E-state index contributed by atoms with van der Waals surface area (Å²) >= 11 is 0. The molecular weight excluding hydrogens is 156 g/mol. The Hall–Kier alpha value is -1.26. The number of para-hydroxylation sites is 2. The summed E-state index contributed by atoms with van der Waals surface area (Å²) in [5.41, 5.74) is 5.21. The minimum atomic E-state index is 0. The molecule has 0 heterocycles. The molecule has 1 rings (SSSR count). The summed E-state index contributed by atoms with van der Waals surface area (Å²) in [5.74, 6) is 1.38. The lowest BCUT2D eigenvalue weighted by Crippen LogP contribution is -2.07. The molecule has 12 heavy (non-hydrogen) atoms. The fourth-order valence-corrected chi connectivity index (χ4v) is 0.828. The summed E-state index contributed by atoms with van der Waals surface area (Å²) in [4.78, 5) is 0. The molecule has 0 radical (unpaired) electrons. The number of hydrogen-bond donors (Lipinski definition) is 2. The first-order chi connectivity index (χ1) is 5.38. The molecule has 0 aliphatic rings. The quantitative estimate of drug-likeness (QED) is 0.667. The first-order valence-corrected chi connectivity index (χ1v) is 3.34. The second kappa shape index (κ2) is 5.40. The van der Waals surface area contributed by atoms with Crippen LogP contribution in [0, 0.1) is 0 Å². The molecule has 0 saturated carbocycles. The van der Waals surface area contributed by atoms with E-state index in [1.165, 1.54) is 0 Å². The molecule has 0 bridgehead atoms. The van der Waals surface area contributed by atoms with E-state index in [9.17, 15) is 0 Å². The zero-order valence-electron chi connectivity index (χ0n) is 7.12. The highest BCUT2D eigenvalue weighted by Crippen LogP contribution is 2.24. The first kappa shape index (κ1) is 10.7. The van der Waals surface area contributed by atoms with Crippen molar-refractivity contribution in [2.45, 2.75) is 0 Å². The molecule has 0 fully saturated rings. The number of rotatable bonds is 3. The van der Waals surface area contributed by atoms with E-state index < -0.39 is 0 Å². The Kier molecular flexibility index (Phi) is 4.83. The van der Waals surface area contributed by atoms with Crippen LogP contribution in [-0.4, -0.2) is 13.8 Å². The second-order valence-electron chi connectivity index (χ2n) is 1.96. The maximum Gasteiger partial charge on any atom is 0.163 e. The lowest BCUT2D eigenvalue weighted by molar-refractivity contribution is 0.303. The van der Waals surface area contributed by atoms with Crippen LogP contribution in [0.2, 0.25) is 0 Å². The smallest absolute Gasteiger partial charge is 0.163 e. The van der Waals surface area contributed by atoms with Crippen LogP contribution in [0.1, 0.15) is 0 Å². The third kappa shape index (κ3) is 2.41. The predicted molar refractivity (Wildman–Crippen MR) is 47.7 cm³/mol. The molecule has 4 nitrogen and oxygen atoms in total. The molecule has 5 N–H and O–H groups in total. The van der Waals surface area contributed by atoms with E-state index in [1.807, 2.05) is 24.3 Å². The van der Waals surface area contributed by atoms with Crippen LogP contribution in [0.15, 0.2) is 24.3 Å². The van der Waals surface area contributed by atoms with Crippen molar-refractivity contribution in [3.63, 3.8) is 0 Å². The third-order valence-corrected chi connectivity index (χ3v) is 1.31.